The first-order valence-corrected chi connectivity index (χ1v) is 7.70. The standard InChI is InChI=1S/C18H20N2O3/c21-17(20-13-18(22)10-11-19-12-18)15-8-4-5-9-16(15)23-14-6-2-1-3-7-14/h1-9,19,22H,10-13H2,(H,20,21)/t18-/m1/s1. The molecule has 0 saturated carbocycles. The van der Waals surface area contributed by atoms with E-state index in [0.717, 1.165) is 6.54 Å². The summed E-state index contributed by atoms with van der Waals surface area (Å²) in [7, 11) is 0. The number of carbonyl (C=O) groups excluding carboxylic acids is 1. The smallest absolute Gasteiger partial charge is 0.255 e. The predicted octanol–water partition coefficient (Wildman–Crippen LogP) is 1.93. The summed E-state index contributed by atoms with van der Waals surface area (Å²) in [5, 5.41) is 16.2. The lowest BCUT2D eigenvalue weighted by molar-refractivity contribution is 0.0561. The molecule has 1 fully saturated rings. The molecule has 5 heteroatoms. The van der Waals surface area contributed by atoms with Gasteiger partial charge in [-0.15, -0.1) is 0 Å². The van der Waals surface area contributed by atoms with Crippen LogP contribution in [0.4, 0.5) is 0 Å². The van der Waals surface area contributed by atoms with E-state index in [1.807, 2.05) is 36.4 Å². The molecule has 0 radical (unpaired) electrons. The van der Waals surface area contributed by atoms with Gasteiger partial charge in [-0.1, -0.05) is 30.3 Å². The van der Waals surface area contributed by atoms with Crippen molar-refractivity contribution in [3.63, 3.8) is 0 Å². The lowest BCUT2D eigenvalue weighted by atomic mass is 10.0. The van der Waals surface area contributed by atoms with Gasteiger partial charge in [0.15, 0.2) is 0 Å². The number of amides is 1. The number of ether oxygens (including phenoxy) is 1. The van der Waals surface area contributed by atoms with Gasteiger partial charge in [-0.25, -0.2) is 0 Å². The van der Waals surface area contributed by atoms with E-state index in [0.29, 0.717) is 30.0 Å². The molecule has 2 aromatic carbocycles. The summed E-state index contributed by atoms with van der Waals surface area (Å²) in [5.41, 5.74) is -0.420. The highest BCUT2D eigenvalue weighted by molar-refractivity contribution is 5.97. The maximum absolute atomic E-state index is 12.4. The van der Waals surface area contributed by atoms with Crippen molar-refractivity contribution in [3.8, 4) is 11.5 Å². The fourth-order valence-corrected chi connectivity index (χ4v) is 2.58. The molecule has 1 aliphatic heterocycles. The number of benzene rings is 2. The summed E-state index contributed by atoms with van der Waals surface area (Å²) in [6.45, 7) is 1.48. The number of hydrogen-bond acceptors (Lipinski definition) is 4. The molecule has 3 rings (SSSR count). The Morgan fingerprint density at radius 1 is 1.17 bits per heavy atom. The normalized spacial score (nSPS) is 20.2. The molecule has 23 heavy (non-hydrogen) atoms. The van der Waals surface area contributed by atoms with Crippen LogP contribution in [0.1, 0.15) is 16.8 Å². The Morgan fingerprint density at radius 3 is 2.65 bits per heavy atom. The van der Waals surface area contributed by atoms with Crippen LogP contribution in [0.25, 0.3) is 0 Å². The van der Waals surface area contributed by atoms with E-state index in [4.69, 9.17) is 4.74 Å². The lowest BCUT2D eigenvalue weighted by Crippen LogP contribution is -2.44. The number of rotatable bonds is 5. The van der Waals surface area contributed by atoms with Crippen LogP contribution in [0, 0.1) is 0 Å². The number of aliphatic hydroxyl groups is 1. The highest BCUT2D eigenvalue weighted by atomic mass is 16.5. The molecule has 5 nitrogen and oxygen atoms in total. The second-order valence-electron chi connectivity index (χ2n) is 5.75. The van der Waals surface area contributed by atoms with Crippen LogP contribution < -0.4 is 15.4 Å². The molecule has 2 aromatic rings. The zero-order chi connectivity index (χ0) is 16.1. The van der Waals surface area contributed by atoms with Gasteiger partial charge in [-0.2, -0.15) is 0 Å². The van der Waals surface area contributed by atoms with E-state index < -0.39 is 5.60 Å². The van der Waals surface area contributed by atoms with Gasteiger partial charge in [0, 0.05) is 13.1 Å². The number of carbonyl (C=O) groups is 1. The zero-order valence-corrected chi connectivity index (χ0v) is 12.8. The highest BCUT2D eigenvalue weighted by Gasteiger charge is 2.31. The van der Waals surface area contributed by atoms with Crippen LogP contribution in [0.5, 0.6) is 11.5 Å². The Hall–Kier alpha value is -2.37. The average Bonchev–Trinajstić information content (AvgIpc) is 3.01. The van der Waals surface area contributed by atoms with Crippen molar-refractivity contribution < 1.29 is 14.6 Å². The number of β-amino-alcohol motifs (C(OH)–C–C–N with tert-alkyl or cyclic N) is 1. The van der Waals surface area contributed by atoms with Gasteiger partial charge in [0.05, 0.1) is 11.2 Å². The minimum absolute atomic E-state index is 0.221. The van der Waals surface area contributed by atoms with E-state index in [2.05, 4.69) is 10.6 Å². The second-order valence-corrected chi connectivity index (χ2v) is 5.75. The molecule has 1 heterocycles. The Balaban J connectivity index is 1.70. The van der Waals surface area contributed by atoms with E-state index in [1.165, 1.54) is 0 Å². The molecule has 120 valence electrons. The fourth-order valence-electron chi connectivity index (χ4n) is 2.58. The summed E-state index contributed by atoms with van der Waals surface area (Å²) in [4.78, 5) is 12.4. The number of hydrogen-bond donors (Lipinski definition) is 3. The van der Waals surface area contributed by atoms with Crippen LogP contribution in [-0.4, -0.2) is 36.2 Å². The van der Waals surface area contributed by atoms with Gasteiger partial charge in [-0.05, 0) is 37.2 Å². The Labute approximate surface area is 135 Å². The molecule has 0 aliphatic carbocycles. The van der Waals surface area contributed by atoms with Crippen molar-refractivity contribution in [1.82, 2.24) is 10.6 Å². The molecule has 1 atom stereocenters. The minimum atomic E-state index is -0.870. The minimum Gasteiger partial charge on any atom is -0.457 e. The van der Waals surface area contributed by atoms with Gasteiger partial charge in [0.1, 0.15) is 11.5 Å². The quantitative estimate of drug-likeness (QED) is 0.789. The van der Waals surface area contributed by atoms with Crippen LogP contribution >= 0.6 is 0 Å². The van der Waals surface area contributed by atoms with E-state index in [9.17, 15) is 9.90 Å². The molecular formula is C18H20N2O3. The first kappa shape index (κ1) is 15.5. The van der Waals surface area contributed by atoms with Crippen molar-refractivity contribution >= 4 is 5.91 Å². The SMILES string of the molecule is O=C(NC[C@@]1(O)CCNC1)c1ccccc1Oc1ccccc1. The average molecular weight is 312 g/mol. The second kappa shape index (κ2) is 6.81. The van der Waals surface area contributed by atoms with Crippen molar-refractivity contribution in [2.75, 3.05) is 19.6 Å². The molecule has 3 N–H and O–H groups in total. The van der Waals surface area contributed by atoms with Gasteiger partial charge >= 0.3 is 0 Å². The highest BCUT2D eigenvalue weighted by Crippen LogP contribution is 2.25. The molecular weight excluding hydrogens is 292 g/mol. The summed E-state index contributed by atoms with van der Waals surface area (Å²) in [5.74, 6) is 0.913. The number of nitrogens with one attached hydrogen (secondary N) is 2. The van der Waals surface area contributed by atoms with Crippen molar-refractivity contribution in [2.45, 2.75) is 12.0 Å². The van der Waals surface area contributed by atoms with E-state index in [1.54, 1.807) is 18.2 Å². The first-order valence-electron chi connectivity index (χ1n) is 7.70. The molecule has 0 unspecified atom stereocenters. The summed E-state index contributed by atoms with van der Waals surface area (Å²) in [6.07, 6.45) is 0.634. The summed E-state index contributed by atoms with van der Waals surface area (Å²) < 4.78 is 5.79. The van der Waals surface area contributed by atoms with Crippen molar-refractivity contribution in [2.24, 2.45) is 0 Å². The largest absolute Gasteiger partial charge is 0.457 e. The summed E-state index contributed by atoms with van der Waals surface area (Å²) >= 11 is 0. The van der Waals surface area contributed by atoms with Crippen LogP contribution in [-0.2, 0) is 0 Å². The van der Waals surface area contributed by atoms with Gasteiger partial charge < -0.3 is 20.5 Å². The Morgan fingerprint density at radius 2 is 1.91 bits per heavy atom. The maximum atomic E-state index is 12.4. The van der Waals surface area contributed by atoms with Gasteiger partial charge in [0.2, 0.25) is 0 Å². The van der Waals surface area contributed by atoms with Crippen LogP contribution in [0.2, 0.25) is 0 Å². The maximum Gasteiger partial charge on any atom is 0.255 e. The molecule has 1 saturated heterocycles. The monoisotopic (exact) mass is 312 g/mol. The third-order valence-electron chi connectivity index (χ3n) is 3.90. The first-order chi connectivity index (χ1) is 11.2. The van der Waals surface area contributed by atoms with Crippen molar-refractivity contribution in [3.05, 3.63) is 60.2 Å². The van der Waals surface area contributed by atoms with E-state index >= 15 is 0 Å². The third kappa shape index (κ3) is 3.88. The van der Waals surface area contributed by atoms with E-state index in [-0.39, 0.29) is 12.5 Å². The van der Waals surface area contributed by atoms with Crippen LogP contribution in [0.3, 0.4) is 0 Å². The molecule has 1 aliphatic rings. The molecule has 0 spiro atoms. The predicted molar refractivity (Wildman–Crippen MR) is 87.7 cm³/mol. The molecule has 0 bridgehead atoms. The molecule has 1 amide bonds. The summed E-state index contributed by atoms with van der Waals surface area (Å²) in [6, 6.07) is 16.4. The van der Waals surface area contributed by atoms with Crippen molar-refractivity contribution in [1.29, 1.82) is 0 Å². The number of para-hydroxylation sites is 2. The van der Waals surface area contributed by atoms with Gasteiger partial charge in [-0.3, -0.25) is 4.79 Å². The third-order valence-corrected chi connectivity index (χ3v) is 3.90. The van der Waals surface area contributed by atoms with Gasteiger partial charge in [0.25, 0.3) is 5.91 Å². The van der Waals surface area contributed by atoms with Crippen LogP contribution in [0.15, 0.2) is 54.6 Å². The molecule has 0 aromatic heterocycles. The lowest BCUT2D eigenvalue weighted by Gasteiger charge is -2.21. The fraction of sp³-hybridized carbons (Fsp3) is 0.278. The topological polar surface area (TPSA) is 70.6 Å². The Kier molecular flexibility index (Phi) is 4.60. The zero-order valence-electron chi connectivity index (χ0n) is 12.8. The Bertz CT molecular complexity index is 667.